The molecule has 1 aliphatic rings. The van der Waals surface area contributed by atoms with Gasteiger partial charge in [0.15, 0.2) is 0 Å². The summed E-state index contributed by atoms with van der Waals surface area (Å²) in [5, 5.41) is 3.64. The van der Waals surface area contributed by atoms with E-state index in [2.05, 4.69) is 34.2 Å². The number of carbonyl (C=O) groups is 1. The number of benzene rings is 2. The Bertz CT molecular complexity index is 707. The second-order valence-corrected chi connectivity index (χ2v) is 7.16. The van der Waals surface area contributed by atoms with E-state index < -0.39 is 0 Å². The van der Waals surface area contributed by atoms with Crippen molar-refractivity contribution in [2.24, 2.45) is 0 Å². The molecule has 0 atom stereocenters. The Labute approximate surface area is 160 Å². The van der Waals surface area contributed by atoms with Gasteiger partial charge < -0.3 is 10.2 Å². The lowest BCUT2D eigenvalue weighted by Crippen LogP contribution is -2.46. The van der Waals surface area contributed by atoms with E-state index in [9.17, 15) is 4.79 Å². The summed E-state index contributed by atoms with van der Waals surface area (Å²) in [5.74, 6) is -0.0201. The highest BCUT2D eigenvalue weighted by Gasteiger charge is 2.16. The highest BCUT2D eigenvalue weighted by Crippen LogP contribution is 2.20. The number of nitrogens with one attached hydrogen (secondary N) is 1. The van der Waals surface area contributed by atoms with Crippen LogP contribution in [0.3, 0.4) is 0 Å². The van der Waals surface area contributed by atoms with Crippen LogP contribution in [0.2, 0.25) is 5.02 Å². The first-order valence-corrected chi connectivity index (χ1v) is 9.63. The van der Waals surface area contributed by atoms with E-state index in [1.165, 1.54) is 18.7 Å². The Kier molecular flexibility index (Phi) is 6.53. The van der Waals surface area contributed by atoms with Gasteiger partial charge in [-0.1, -0.05) is 30.7 Å². The van der Waals surface area contributed by atoms with Crippen molar-refractivity contribution < 1.29 is 4.79 Å². The van der Waals surface area contributed by atoms with Gasteiger partial charge in [-0.2, -0.15) is 0 Å². The quantitative estimate of drug-likeness (QED) is 0.831. The minimum atomic E-state index is -0.0201. The van der Waals surface area contributed by atoms with E-state index in [0.29, 0.717) is 11.4 Å². The molecule has 0 aromatic heterocycles. The molecule has 5 heteroatoms. The Morgan fingerprint density at radius 1 is 1.00 bits per heavy atom. The molecule has 3 rings (SSSR count). The SMILES string of the molecule is CCCN1CCN(c2ccc(NC(=O)Cc3ccc(Cl)cc3)cc2)CC1. The molecule has 0 bridgehead atoms. The summed E-state index contributed by atoms with van der Waals surface area (Å²) in [7, 11) is 0. The van der Waals surface area contributed by atoms with E-state index in [0.717, 1.165) is 37.4 Å². The fraction of sp³-hybridized carbons (Fsp3) is 0.381. The minimum absolute atomic E-state index is 0.0201. The summed E-state index contributed by atoms with van der Waals surface area (Å²) >= 11 is 5.87. The second-order valence-electron chi connectivity index (χ2n) is 6.73. The largest absolute Gasteiger partial charge is 0.369 e. The Morgan fingerprint density at radius 3 is 2.27 bits per heavy atom. The molecule has 4 nitrogen and oxygen atoms in total. The van der Waals surface area contributed by atoms with Crippen LogP contribution >= 0.6 is 11.6 Å². The molecule has 2 aromatic rings. The molecule has 1 aliphatic heterocycles. The Balaban J connectivity index is 1.51. The molecule has 0 spiro atoms. The summed E-state index contributed by atoms with van der Waals surface area (Å²) in [4.78, 5) is 17.1. The van der Waals surface area contributed by atoms with Gasteiger partial charge in [-0.15, -0.1) is 0 Å². The van der Waals surface area contributed by atoms with Crippen LogP contribution in [0, 0.1) is 0 Å². The molecule has 26 heavy (non-hydrogen) atoms. The van der Waals surface area contributed by atoms with E-state index in [4.69, 9.17) is 11.6 Å². The van der Waals surface area contributed by atoms with Crippen LogP contribution < -0.4 is 10.2 Å². The maximum absolute atomic E-state index is 12.2. The Morgan fingerprint density at radius 2 is 1.65 bits per heavy atom. The fourth-order valence-corrected chi connectivity index (χ4v) is 3.42. The zero-order chi connectivity index (χ0) is 18.4. The third kappa shape index (κ3) is 5.23. The molecule has 138 valence electrons. The van der Waals surface area contributed by atoms with Crippen molar-refractivity contribution in [3.05, 3.63) is 59.1 Å². The molecule has 1 N–H and O–H groups in total. The van der Waals surface area contributed by atoms with E-state index in [-0.39, 0.29) is 5.91 Å². The molecule has 1 amide bonds. The predicted octanol–water partition coefficient (Wildman–Crippen LogP) is 4.05. The monoisotopic (exact) mass is 371 g/mol. The number of nitrogens with zero attached hydrogens (tertiary/aromatic N) is 2. The van der Waals surface area contributed by atoms with Crippen molar-refractivity contribution in [2.75, 3.05) is 42.9 Å². The number of rotatable bonds is 6. The summed E-state index contributed by atoms with van der Waals surface area (Å²) in [6, 6.07) is 15.5. The average Bonchev–Trinajstić information content (AvgIpc) is 2.65. The van der Waals surface area contributed by atoms with Crippen molar-refractivity contribution in [2.45, 2.75) is 19.8 Å². The standard InChI is InChI=1S/C21H26ClN3O/c1-2-11-24-12-14-25(15-13-24)20-9-7-19(8-10-20)23-21(26)16-17-3-5-18(22)6-4-17/h3-10H,2,11-16H2,1H3,(H,23,26). The molecular formula is C21H26ClN3O. The third-order valence-corrected chi connectivity index (χ3v) is 4.96. The molecular weight excluding hydrogens is 346 g/mol. The van der Waals surface area contributed by atoms with Crippen LogP contribution in [0.1, 0.15) is 18.9 Å². The highest BCUT2D eigenvalue weighted by atomic mass is 35.5. The molecule has 1 heterocycles. The zero-order valence-electron chi connectivity index (χ0n) is 15.2. The summed E-state index contributed by atoms with van der Waals surface area (Å²) < 4.78 is 0. The number of carbonyl (C=O) groups excluding carboxylic acids is 1. The zero-order valence-corrected chi connectivity index (χ0v) is 16.0. The van der Waals surface area contributed by atoms with Gasteiger partial charge in [-0.05, 0) is 54.9 Å². The molecule has 1 saturated heterocycles. The third-order valence-electron chi connectivity index (χ3n) is 4.71. The molecule has 2 aromatic carbocycles. The average molecular weight is 372 g/mol. The predicted molar refractivity (Wildman–Crippen MR) is 109 cm³/mol. The molecule has 0 aliphatic carbocycles. The number of halogens is 1. The minimum Gasteiger partial charge on any atom is -0.369 e. The lowest BCUT2D eigenvalue weighted by Gasteiger charge is -2.36. The van der Waals surface area contributed by atoms with Crippen molar-refractivity contribution in [3.63, 3.8) is 0 Å². The number of amides is 1. The summed E-state index contributed by atoms with van der Waals surface area (Å²) in [6.45, 7) is 7.77. The maximum atomic E-state index is 12.2. The summed E-state index contributed by atoms with van der Waals surface area (Å²) in [6.07, 6.45) is 1.56. The lowest BCUT2D eigenvalue weighted by molar-refractivity contribution is -0.115. The maximum Gasteiger partial charge on any atom is 0.228 e. The van der Waals surface area contributed by atoms with Crippen LogP contribution in [-0.2, 0) is 11.2 Å². The number of hydrogen-bond acceptors (Lipinski definition) is 3. The smallest absolute Gasteiger partial charge is 0.228 e. The van der Waals surface area contributed by atoms with Gasteiger partial charge in [0.05, 0.1) is 6.42 Å². The summed E-state index contributed by atoms with van der Waals surface area (Å²) in [5.41, 5.74) is 3.00. The molecule has 1 fully saturated rings. The fourth-order valence-electron chi connectivity index (χ4n) is 3.29. The highest BCUT2D eigenvalue weighted by molar-refractivity contribution is 6.30. The first-order valence-electron chi connectivity index (χ1n) is 9.25. The lowest BCUT2D eigenvalue weighted by atomic mass is 10.1. The van der Waals surface area contributed by atoms with E-state index >= 15 is 0 Å². The van der Waals surface area contributed by atoms with Gasteiger partial charge in [0.25, 0.3) is 0 Å². The van der Waals surface area contributed by atoms with Gasteiger partial charge in [0.1, 0.15) is 0 Å². The van der Waals surface area contributed by atoms with Crippen LogP contribution in [0.15, 0.2) is 48.5 Å². The van der Waals surface area contributed by atoms with Crippen LogP contribution in [0.5, 0.6) is 0 Å². The number of hydrogen-bond donors (Lipinski definition) is 1. The van der Waals surface area contributed by atoms with Gasteiger partial charge in [0, 0.05) is 42.6 Å². The van der Waals surface area contributed by atoms with Gasteiger partial charge in [-0.25, -0.2) is 0 Å². The van der Waals surface area contributed by atoms with Crippen LogP contribution in [0.25, 0.3) is 0 Å². The van der Waals surface area contributed by atoms with Crippen molar-refractivity contribution in [1.29, 1.82) is 0 Å². The molecule has 0 saturated carbocycles. The van der Waals surface area contributed by atoms with Gasteiger partial charge in [0.2, 0.25) is 5.91 Å². The molecule has 0 radical (unpaired) electrons. The van der Waals surface area contributed by atoms with Crippen molar-refractivity contribution in [3.8, 4) is 0 Å². The van der Waals surface area contributed by atoms with E-state index in [1.807, 2.05) is 24.3 Å². The first-order chi connectivity index (χ1) is 12.6. The Hall–Kier alpha value is -2.04. The van der Waals surface area contributed by atoms with E-state index in [1.54, 1.807) is 12.1 Å². The van der Waals surface area contributed by atoms with Crippen LogP contribution in [0.4, 0.5) is 11.4 Å². The second kappa shape index (κ2) is 9.06. The first kappa shape index (κ1) is 18.7. The van der Waals surface area contributed by atoms with Crippen molar-refractivity contribution >= 4 is 28.9 Å². The number of piperazine rings is 1. The van der Waals surface area contributed by atoms with Crippen LogP contribution in [-0.4, -0.2) is 43.5 Å². The molecule has 0 unspecified atom stereocenters. The normalized spacial score (nSPS) is 15.1. The van der Waals surface area contributed by atoms with Gasteiger partial charge >= 0.3 is 0 Å². The van der Waals surface area contributed by atoms with Crippen molar-refractivity contribution in [1.82, 2.24) is 4.90 Å². The topological polar surface area (TPSA) is 35.6 Å². The van der Waals surface area contributed by atoms with Gasteiger partial charge in [-0.3, -0.25) is 9.69 Å². The number of anilines is 2.